The number of hydrogen-bond donors (Lipinski definition) is 2. The second kappa shape index (κ2) is 10.2. The Bertz CT molecular complexity index is 1290. The number of nitrogens with zero attached hydrogens (tertiary/aromatic N) is 2. The summed E-state index contributed by atoms with van der Waals surface area (Å²) in [5, 5.41) is 8.84. The zero-order valence-corrected chi connectivity index (χ0v) is 19.1. The molecule has 2 heterocycles. The third-order valence-electron chi connectivity index (χ3n) is 4.65. The molecule has 0 aliphatic rings. The Labute approximate surface area is 199 Å². The van der Waals surface area contributed by atoms with Gasteiger partial charge in [0, 0.05) is 35.1 Å². The number of hydrogen-bond acceptors (Lipinski definition) is 6. The molecule has 0 saturated carbocycles. The lowest BCUT2D eigenvalue weighted by molar-refractivity contribution is -0.115. The summed E-state index contributed by atoms with van der Waals surface area (Å²) in [7, 11) is 1.49. The summed E-state index contributed by atoms with van der Waals surface area (Å²) in [6.45, 7) is 0. The predicted octanol–water partition coefficient (Wildman–Crippen LogP) is 5.30. The third-order valence-corrected chi connectivity index (χ3v) is 5.91. The molecule has 9 heteroatoms. The van der Waals surface area contributed by atoms with Crippen LogP contribution in [0.4, 0.5) is 11.4 Å². The zero-order valence-electron chi connectivity index (χ0n) is 17.5. The summed E-state index contributed by atoms with van der Waals surface area (Å²) < 4.78 is 5.38. The molecule has 0 atom stereocenters. The minimum Gasteiger partial charge on any atom is -0.494 e. The molecular weight excluding hydrogens is 460 g/mol. The van der Waals surface area contributed by atoms with Crippen molar-refractivity contribution in [1.82, 2.24) is 9.97 Å². The zero-order chi connectivity index (χ0) is 23.2. The lowest BCUT2D eigenvalue weighted by atomic mass is 10.2. The molecule has 0 radical (unpaired) electrons. The number of halogens is 1. The highest BCUT2D eigenvalue weighted by molar-refractivity contribution is 7.13. The highest BCUT2D eigenvalue weighted by atomic mass is 35.5. The average Bonchev–Trinajstić information content (AvgIpc) is 3.28. The van der Waals surface area contributed by atoms with Gasteiger partial charge in [-0.25, -0.2) is 4.98 Å². The largest absolute Gasteiger partial charge is 0.494 e. The van der Waals surface area contributed by atoms with Crippen LogP contribution in [0.5, 0.6) is 5.75 Å². The number of carbonyl (C=O) groups excluding carboxylic acids is 2. The SMILES string of the molecule is COc1cc(NC(=O)Cc2csc(-c3ccccc3Cl)n2)ccc1NC(=O)c1cccnc1. The lowest BCUT2D eigenvalue weighted by Gasteiger charge is -2.12. The van der Waals surface area contributed by atoms with Crippen molar-refractivity contribution in [1.29, 1.82) is 0 Å². The number of pyridine rings is 1. The molecule has 4 aromatic rings. The van der Waals surface area contributed by atoms with Gasteiger partial charge in [-0.15, -0.1) is 11.3 Å². The number of ether oxygens (including phenoxy) is 1. The maximum Gasteiger partial charge on any atom is 0.257 e. The fourth-order valence-corrected chi connectivity index (χ4v) is 4.22. The van der Waals surface area contributed by atoms with Crippen molar-refractivity contribution in [3.8, 4) is 16.3 Å². The third kappa shape index (κ3) is 5.54. The van der Waals surface area contributed by atoms with Crippen LogP contribution in [0.3, 0.4) is 0 Å². The van der Waals surface area contributed by atoms with E-state index in [9.17, 15) is 9.59 Å². The van der Waals surface area contributed by atoms with Crippen LogP contribution in [-0.4, -0.2) is 28.9 Å². The fraction of sp³-hybridized carbons (Fsp3) is 0.0833. The van der Waals surface area contributed by atoms with Gasteiger partial charge in [0.05, 0.1) is 35.5 Å². The maximum absolute atomic E-state index is 12.6. The predicted molar refractivity (Wildman–Crippen MR) is 130 cm³/mol. The molecule has 0 saturated heterocycles. The summed E-state index contributed by atoms with van der Waals surface area (Å²) in [6, 6.07) is 15.8. The van der Waals surface area contributed by atoms with E-state index in [-0.39, 0.29) is 18.2 Å². The monoisotopic (exact) mass is 478 g/mol. The van der Waals surface area contributed by atoms with E-state index in [1.807, 2.05) is 23.6 Å². The first-order valence-electron chi connectivity index (χ1n) is 9.92. The number of anilines is 2. The van der Waals surface area contributed by atoms with Crippen LogP contribution in [0.15, 0.2) is 72.4 Å². The Morgan fingerprint density at radius 1 is 1.09 bits per heavy atom. The standard InChI is InChI=1S/C24H19ClN4O3S/c1-32-21-11-16(8-9-20(21)29-23(31)15-5-4-10-26-13-15)27-22(30)12-17-14-33-24(28-17)18-6-2-3-7-19(18)25/h2-11,13-14H,12H2,1H3,(H,27,30)(H,29,31). The summed E-state index contributed by atoms with van der Waals surface area (Å²) in [5.74, 6) is -0.115. The van der Waals surface area contributed by atoms with Crippen LogP contribution < -0.4 is 15.4 Å². The molecule has 2 aromatic carbocycles. The summed E-state index contributed by atoms with van der Waals surface area (Å²) in [6.07, 6.45) is 3.19. The van der Waals surface area contributed by atoms with E-state index in [1.54, 1.807) is 42.6 Å². The van der Waals surface area contributed by atoms with Gasteiger partial charge in [0.25, 0.3) is 5.91 Å². The van der Waals surface area contributed by atoms with Crippen LogP contribution in [0.1, 0.15) is 16.1 Å². The molecule has 0 aliphatic carbocycles. The summed E-state index contributed by atoms with van der Waals surface area (Å²) >= 11 is 7.67. The Morgan fingerprint density at radius 2 is 1.94 bits per heavy atom. The van der Waals surface area contributed by atoms with E-state index < -0.39 is 0 Å². The first-order valence-corrected chi connectivity index (χ1v) is 11.2. The topological polar surface area (TPSA) is 93.2 Å². The normalized spacial score (nSPS) is 10.5. The molecule has 0 spiro atoms. The number of methoxy groups -OCH3 is 1. The van der Waals surface area contributed by atoms with Crippen molar-refractivity contribution in [3.63, 3.8) is 0 Å². The van der Waals surface area contributed by atoms with Gasteiger partial charge in [-0.3, -0.25) is 14.6 Å². The molecule has 0 aliphatic heterocycles. The minimum absolute atomic E-state index is 0.114. The molecule has 0 unspecified atom stereocenters. The second-order valence-corrected chi connectivity index (χ2v) is 8.22. The smallest absolute Gasteiger partial charge is 0.257 e. The van der Waals surface area contributed by atoms with Crippen molar-refractivity contribution in [2.75, 3.05) is 17.7 Å². The van der Waals surface area contributed by atoms with Gasteiger partial charge in [-0.2, -0.15) is 0 Å². The quantitative estimate of drug-likeness (QED) is 0.376. The van der Waals surface area contributed by atoms with Crippen LogP contribution >= 0.6 is 22.9 Å². The van der Waals surface area contributed by atoms with Crippen LogP contribution in [0, 0.1) is 0 Å². The Morgan fingerprint density at radius 3 is 2.70 bits per heavy atom. The number of carbonyl (C=O) groups is 2. The van der Waals surface area contributed by atoms with Gasteiger partial charge in [0.1, 0.15) is 10.8 Å². The number of aromatic nitrogens is 2. The summed E-state index contributed by atoms with van der Waals surface area (Å²) in [4.78, 5) is 33.4. The van der Waals surface area contributed by atoms with Crippen molar-refractivity contribution < 1.29 is 14.3 Å². The lowest BCUT2D eigenvalue weighted by Crippen LogP contribution is -2.15. The highest BCUT2D eigenvalue weighted by Gasteiger charge is 2.14. The van der Waals surface area contributed by atoms with Gasteiger partial charge >= 0.3 is 0 Å². The minimum atomic E-state index is -0.309. The van der Waals surface area contributed by atoms with E-state index in [0.717, 1.165) is 10.6 Å². The van der Waals surface area contributed by atoms with Crippen LogP contribution in [-0.2, 0) is 11.2 Å². The van der Waals surface area contributed by atoms with Crippen molar-refractivity contribution in [2.45, 2.75) is 6.42 Å². The van der Waals surface area contributed by atoms with Crippen molar-refractivity contribution >= 4 is 46.1 Å². The molecule has 166 valence electrons. The number of nitrogens with one attached hydrogen (secondary N) is 2. The Kier molecular flexibility index (Phi) is 6.97. The molecule has 33 heavy (non-hydrogen) atoms. The maximum atomic E-state index is 12.6. The fourth-order valence-electron chi connectivity index (χ4n) is 3.08. The van der Waals surface area contributed by atoms with Gasteiger partial charge in [-0.1, -0.05) is 29.8 Å². The molecule has 0 bridgehead atoms. The molecule has 4 rings (SSSR count). The molecule has 7 nitrogen and oxygen atoms in total. The molecule has 2 amide bonds. The average molecular weight is 479 g/mol. The first-order chi connectivity index (χ1) is 16.0. The summed E-state index contributed by atoms with van der Waals surface area (Å²) in [5.41, 5.74) is 2.94. The Balaban J connectivity index is 1.41. The van der Waals surface area contributed by atoms with Gasteiger partial charge in [0.15, 0.2) is 0 Å². The molecule has 2 aromatic heterocycles. The van der Waals surface area contributed by atoms with Gasteiger partial charge in [0.2, 0.25) is 5.91 Å². The molecular formula is C24H19ClN4O3S. The number of rotatable bonds is 7. The Hall–Kier alpha value is -3.75. The van der Waals surface area contributed by atoms with E-state index in [0.29, 0.717) is 33.4 Å². The highest BCUT2D eigenvalue weighted by Crippen LogP contribution is 2.31. The van der Waals surface area contributed by atoms with E-state index in [2.05, 4.69) is 20.6 Å². The molecule has 2 N–H and O–H groups in total. The first kappa shape index (κ1) is 22.4. The van der Waals surface area contributed by atoms with E-state index in [4.69, 9.17) is 16.3 Å². The number of amides is 2. The van der Waals surface area contributed by atoms with Crippen molar-refractivity contribution in [2.24, 2.45) is 0 Å². The van der Waals surface area contributed by atoms with Gasteiger partial charge in [-0.05, 0) is 30.3 Å². The van der Waals surface area contributed by atoms with Gasteiger partial charge < -0.3 is 15.4 Å². The van der Waals surface area contributed by atoms with E-state index >= 15 is 0 Å². The number of thiazole rings is 1. The van der Waals surface area contributed by atoms with Crippen molar-refractivity contribution in [3.05, 3.63) is 88.7 Å². The molecule has 0 fully saturated rings. The van der Waals surface area contributed by atoms with Crippen LogP contribution in [0.2, 0.25) is 5.02 Å². The second-order valence-electron chi connectivity index (χ2n) is 6.96. The van der Waals surface area contributed by atoms with E-state index in [1.165, 1.54) is 24.6 Å². The van der Waals surface area contributed by atoms with Crippen LogP contribution in [0.25, 0.3) is 10.6 Å². The number of benzene rings is 2.